The zero-order chi connectivity index (χ0) is 15.4. The van der Waals surface area contributed by atoms with Gasteiger partial charge in [-0.05, 0) is 24.3 Å². The Hall–Kier alpha value is -2.41. The van der Waals surface area contributed by atoms with Crippen LogP contribution in [0.5, 0.6) is 0 Å². The first-order valence-electron chi connectivity index (χ1n) is 6.33. The molecule has 1 atom stereocenters. The van der Waals surface area contributed by atoms with Gasteiger partial charge in [-0.1, -0.05) is 0 Å². The molecule has 2 rings (SSSR count). The third kappa shape index (κ3) is 3.57. The third-order valence-electron chi connectivity index (χ3n) is 3.16. The van der Waals surface area contributed by atoms with Gasteiger partial charge in [0.25, 0.3) is 0 Å². The third-order valence-corrected chi connectivity index (χ3v) is 3.16. The lowest BCUT2D eigenvalue weighted by Crippen LogP contribution is -2.52. The van der Waals surface area contributed by atoms with Crippen LogP contribution < -0.4 is 10.6 Å². The number of carboxylic acids is 1. The number of carbonyl (C=O) groups excluding carboxylic acids is 1. The fourth-order valence-electron chi connectivity index (χ4n) is 2.21. The molecule has 1 aromatic carbocycles. The summed E-state index contributed by atoms with van der Waals surface area (Å²) < 4.78 is 18.6. The number of benzene rings is 1. The second kappa shape index (κ2) is 6.36. The zero-order valence-electron chi connectivity index (χ0n) is 11.2. The molecule has 1 unspecified atom stereocenters. The van der Waals surface area contributed by atoms with Gasteiger partial charge in [0.05, 0.1) is 13.2 Å². The van der Waals surface area contributed by atoms with Gasteiger partial charge in [-0.3, -0.25) is 4.79 Å². The van der Waals surface area contributed by atoms with E-state index < -0.39 is 23.7 Å². The SMILES string of the molecule is NC(=O)C1COCCN1c1ccc(F)cc1/C=C/C(=O)O. The lowest BCUT2D eigenvalue weighted by atomic mass is 10.1. The van der Waals surface area contributed by atoms with Crippen molar-refractivity contribution in [1.29, 1.82) is 0 Å². The van der Waals surface area contributed by atoms with E-state index in [1.54, 1.807) is 4.90 Å². The van der Waals surface area contributed by atoms with Gasteiger partial charge in [0.2, 0.25) is 5.91 Å². The van der Waals surface area contributed by atoms with Crippen molar-refractivity contribution < 1.29 is 23.8 Å². The lowest BCUT2D eigenvalue weighted by molar-refractivity contribution is -0.131. The molecule has 1 amide bonds. The van der Waals surface area contributed by atoms with Gasteiger partial charge in [0.15, 0.2) is 0 Å². The van der Waals surface area contributed by atoms with E-state index in [9.17, 15) is 14.0 Å². The summed E-state index contributed by atoms with van der Waals surface area (Å²) in [7, 11) is 0. The van der Waals surface area contributed by atoms with Gasteiger partial charge >= 0.3 is 5.97 Å². The van der Waals surface area contributed by atoms with Crippen LogP contribution in [0.3, 0.4) is 0 Å². The summed E-state index contributed by atoms with van der Waals surface area (Å²) in [6.07, 6.45) is 2.20. The maximum absolute atomic E-state index is 13.4. The van der Waals surface area contributed by atoms with Crippen LogP contribution in [0.15, 0.2) is 24.3 Å². The molecule has 0 spiro atoms. The Balaban J connectivity index is 2.41. The van der Waals surface area contributed by atoms with Crippen LogP contribution in [0.4, 0.5) is 10.1 Å². The van der Waals surface area contributed by atoms with Gasteiger partial charge in [0.1, 0.15) is 11.9 Å². The molecule has 1 aliphatic heterocycles. The van der Waals surface area contributed by atoms with Gasteiger partial charge in [-0.15, -0.1) is 0 Å². The van der Waals surface area contributed by atoms with E-state index >= 15 is 0 Å². The highest BCUT2D eigenvalue weighted by molar-refractivity contribution is 5.89. The summed E-state index contributed by atoms with van der Waals surface area (Å²) in [6, 6.07) is 3.29. The molecule has 1 heterocycles. The minimum atomic E-state index is -1.14. The molecule has 1 fully saturated rings. The van der Waals surface area contributed by atoms with E-state index in [1.807, 2.05) is 0 Å². The van der Waals surface area contributed by atoms with Crippen LogP contribution in [-0.4, -0.2) is 42.8 Å². The highest BCUT2D eigenvalue weighted by Crippen LogP contribution is 2.26. The molecule has 0 aliphatic carbocycles. The van der Waals surface area contributed by atoms with Gasteiger partial charge in [-0.2, -0.15) is 0 Å². The molecule has 6 nitrogen and oxygen atoms in total. The number of hydrogen-bond donors (Lipinski definition) is 2. The van der Waals surface area contributed by atoms with Crippen LogP contribution in [0.2, 0.25) is 0 Å². The van der Waals surface area contributed by atoms with Crippen LogP contribution in [0.1, 0.15) is 5.56 Å². The van der Waals surface area contributed by atoms with Gasteiger partial charge in [0, 0.05) is 23.9 Å². The predicted octanol–water partition coefficient (Wildman–Crippen LogP) is 0.614. The van der Waals surface area contributed by atoms with Crippen molar-refractivity contribution in [2.24, 2.45) is 5.73 Å². The molecular weight excluding hydrogens is 279 g/mol. The average Bonchev–Trinajstić information content (AvgIpc) is 2.45. The van der Waals surface area contributed by atoms with Crippen molar-refractivity contribution in [3.8, 4) is 0 Å². The number of aliphatic carboxylic acids is 1. The summed E-state index contributed by atoms with van der Waals surface area (Å²) in [5.74, 6) is -2.18. The Morgan fingerprint density at radius 3 is 2.90 bits per heavy atom. The maximum atomic E-state index is 13.4. The Morgan fingerprint density at radius 2 is 2.24 bits per heavy atom. The summed E-state index contributed by atoms with van der Waals surface area (Å²) in [5.41, 5.74) is 6.26. The maximum Gasteiger partial charge on any atom is 0.328 e. The molecule has 1 aliphatic rings. The molecule has 7 heteroatoms. The number of carboxylic acid groups (broad SMARTS) is 1. The number of ether oxygens (including phenoxy) is 1. The van der Waals surface area contributed by atoms with Crippen molar-refractivity contribution >= 4 is 23.6 Å². The predicted molar refractivity (Wildman–Crippen MR) is 74.2 cm³/mol. The normalized spacial score (nSPS) is 18.9. The lowest BCUT2D eigenvalue weighted by Gasteiger charge is -2.36. The number of hydrogen-bond acceptors (Lipinski definition) is 4. The topological polar surface area (TPSA) is 92.9 Å². The number of halogens is 1. The van der Waals surface area contributed by atoms with E-state index in [2.05, 4.69) is 0 Å². The molecule has 21 heavy (non-hydrogen) atoms. The molecule has 3 N–H and O–H groups in total. The first-order chi connectivity index (χ1) is 9.99. The molecule has 0 bridgehead atoms. The standard InChI is InChI=1S/C14H15FN2O4/c15-10-2-3-11(9(7-10)1-4-13(18)19)17-5-6-21-8-12(17)14(16)20/h1-4,7,12H,5-6,8H2,(H2,16,20)(H,18,19)/b4-1+. The highest BCUT2D eigenvalue weighted by Gasteiger charge is 2.29. The van der Waals surface area contributed by atoms with Crippen molar-refractivity contribution in [3.05, 3.63) is 35.7 Å². The Bertz CT molecular complexity index is 588. The number of nitrogens with two attached hydrogens (primary N) is 1. The number of carbonyl (C=O) groups is 2. The Labute approximate surface area is 120 Å². The van der Waals surface area contributed by atoms with Crippen molar-refractivity contribution in [3.63, 3.8) is 0 Å². The molecule has 1 saturated heterocycles. The fraction of sp³-hybridized carbons (Fsp3) is 0.286. The number of amides is 1. The summed E-state index contributed by atoms with van der Waals surface area (Å²) in [4.78, 5) is 23.8. The summed E-state index contributed by atoms with van der Waals surface area (Å²) >= 11 is 0. The van der Waals surface area contributed by atoms with Crippen molar-refractivity contribution in [2.45, 2.75) is 6.04 Å². The summed E-state index contributed by atoms with van der Waals surface area (Å²) in [6.45, 7) is 0.963. The first kappa shape index (κ1) is 15.0. The fourth-order valence-corrected chi connectivity index (χ4v) is 2.21. The second-order valence-corrected chi connectivity index (χ2v) is 4.56. The summed E-state index contributed by atoms with van der Waals surface area (Å²) in [5, 5.41) is 8.70. The number of anilines is 1. The van der Waals surface area contributed by atoms with Gasteiger partial charge < -0.3 is 20.5 Å². The van der Waals surface area contributed by atoms with Crippen molar-refractivity contribution in [2.75, 3.05) is 24.7 Å². The van der Waals surface area contributed by atoms with E-state index in [-0.39, 0.29) is 6.61 Å². The van der Waals surface area contributed by atoms with E-state index in [0.29, 0.717) is 24.4 Å². The molecule has 0 radical (unpaired) electrons. The highest BCUT2D eigenvalue weighted by atomic mass is 19.1. The number of nitrogens with zero attached hydrogens (tertiary/aromatic N) is 1. The minimum absolute atomic E-state index is 0.148. The Morgan fingerprint density at radius 1 is 1.48 bits per heavy atom. The van der Waals surface area contributed by atoms with E-state index in [4.69, 9.17) is 15.6 Å². The van der Waals surface area contributed by atoms with Crippen LogP contribution in [-0.2, 0) is 14.3 Å². The van der Waals surface area contributed by atoms with E-state index in [0.717, 1.165) is 6.08 Å². The molecule has 0 saturated carbocycles. The Kier molecular flexibility index (Phi) is 4.54. The average molecular weight is 294 g/mol. The quantitative estimate of drug-likeness (QED) is 0.794. The largest absolute Gasteiger partial charge is 0.478 e. The monoisotopic (exact) mass is 294 g/mol. The molecule has 112 valence electrons. The minimum Gasteiger partial charge on any atom is -0.478 e. The smallest absolute Gasteiger partial charge is 0.328 e. The van der Waals surface area contributed by atoms with Crippen LogP contribution in [0.25, 0.3) is 6.08 Å². The van der Waals surface area contributed by atoms with E-state index in [1.165, 1.54) is 24.3 Å². The second-order valence-electron chi connectivity index (χ2n) is 4.56. The van der Waals surface area contributed by atoms with Crippen molar-refractivity contribution in [1.82, 2.24) is 0 Å². The number of rotatable bonds is 4. The molecule has 1 aromatic rings. The zero-order valence-corrected chi connectivity index (χ0v) is 11.2. The first-order valence-corrected chi connectivity index (χ1v) is 6.33. The van der Waals surface area contributed by atoms with Crippen LogP contribution in [0, 0.1) is 5.82 Å². The molecule has 0 aromatic heterocycles. The number of primary amides is 1. The van der Waals surface area contributed by atoms with Crippen LogP contribution >= 0.6 is 0 Å². The van der Waals surface area contributed by atoms with Gasteiger partial charge in [-0.25, -0.2) is 9.18 Å². The molecular formula is C14H15FN2O4. The number of morpholine rings is 1.